The van der Waals surface area contributed by atoms with Crippen molar-refractivity contribution in [2.75, 3.05) is 6.26 Å². The summed E-state index contributed by atoms with van der Waals surface area (Å²) < 4.78 is 21.7. The van der Waals surface area contributed by atoms with Gasteiger partial charge in [0.15, 0.2) is 0 Å². The van der Waals surface area contributed by atoms with Crippen molar-refractivity contribution in [1.82, 2.24) is 0 Å². The van der Waals surface area contributed by atoms with Crippen LogP contribution in [-0.4, -0.2) is 29.1 Å². The van der Waals surface area contributed by atoms with E-state index in [4.69, 9.17) is 9.31 Å². The summed E-state index contributed by atoms with van der Waals surface area (Å²) in [4.78, 5) is 0.942. The molecule has 0 aliphatic carbocycles. The van der Waals surface area contributed by atoms with Gasteiger partial charge in [-0.3, -0.25) is 0 Å². The molecule has 1 atom stereocenters. The fraction of sp³-hybridized carbons (Fsp3) is 0.538. The molecule has 1 aromatic rings. The Labute approximate surface area is 112 Å². The maximum absolute atomic E-state index is 9.68. The van der Waals surface area contributed by atoms with Gasteiger partial charge in [-0.15, -0.1) is 11.2 Å². The molecule has 0 spiro atoms. The molecule has 2 rings (SSSR count). The molecule has 5 heteroatoms. The summed E-state index contributed by atoms with van der Waals surface area (Å²) in [5.74, 6) is 0. The largest absolute Gasteiger partial charge is 0.494 e. The van der Waals surface area contributed by atoms with Gasteiger partial charge in [0, 0.05) is 4.90 Å². The Morgan fingerprint density at radius 2 is 1.67 bits per heavy atom. The Bertz CT molecular complexity index is 430. The third kappa shape index (κ3) is 2.45. The van der Waals surface area contributed by atoms with Crippen LogP contribution in [0.3, 0.4) is 0 Å². The molecule has 0 amide bonds. The Kier molecular flexibility index (Phi) is 3.53. The summed E-state index contributed by atoms with van der Waals surface area (Å²) in [5.41, 5.74) is 0.308. The van der Waals surface area contributed by atoms with Crippen molar-refractivity contribution in [3.05, 3.63) is 24.3 Å². The van der Waals surface area contributed by atoms with Gasteiger partial charge in [0.1, 0.15) is 0 Å². The van der Waals surface area contributed by atoms with E-state index in [1.807, 2.05) is 58.2 Å². The van der Waals surface area contributed by atoms with E-state index in [1.54, 1.807) is 0 Å². The summed E-state index contributed by atoms with van der Waals surface area (Å²) in [6, 6.07) is 7.81. The molecule has 1 heterocycles. The SMILES string of the molecule is C[SH](O)c1cccc(B2OC(C)(C)C(C)(C)O2)c1. The molecule has 1 fully saturated rings. The van der Waals surface area contributed by atoms with Gasteiger partial charge >= 0.3 is 7.12 Å². The van der Waals surface area contributed by atoms with E-state index in [0.717, 1.165) is 10.4 Å². The first kappa shape index (κ1) is 13.9. The third-order valence-electron chi connectivity index (χ3n) is 3.77. The van der Waals surface area contributed by atoms with Crippen LogP contribution in [0.1, 0.15) is 27.7 Å². The van der Waals surface area contributed by atoms with Gasteiger partial charge in [0.25, 0.3) is 0 Å². The van der Waals surface area contributed by atoms with Gasteiger partial charge in [0.05, 0.1) is 11.2 Å². The van der Waals surface area contributed by atoms with Crippen molar-refractivity contribution in [2.24, 2.45) is 0 Å². The van der Waals surface area contributed by atoms with E-state index < -0.39 is 11.2 Å². The second-order valence-electron chi connectivity index (χ2n) is 5.71. The molecule has 0 radical (unpaired) electrons. The molecule has 1 N–H and O–H groups in total. The van der Waals surface area contributed by atoms with E-state index in [9.17, 15) is 4.55 Å². The molecule has 0 bridgehead atoms. The summed E-state index contributed by atoms with van der Waals surface area (Å²) in [6.45, 7) is 8.15. The Morgan fingerprint density at radius 3 is 2.17 bits per heavy atom. The number of thiol groups is 1. The molecule has 1 saturated heterocycles. The smallest absolute Gasteiger partial charge is 0.399 e. The van der Waals surface area contributed by atoms with Crippen molar-refractivity contribution in [2.45, 2.75) is 43.8 Å². The Morgan fingerprint density at radius 1 is 1.11 bits per heavy atom. The molecular formula is C13H21BO3S. The van der Waals surface area contributed by atoms with Crippen LogP contribution in [-0.2, 0) is 9.31 Å². The average Bonchev–Trinajstić information content (AvgIpc) is 2.48. The van der Waals surface area contributed by atoms with Gasteiger partial charge in [-0.25, -0.2) is 0 Å². The third-order valence-corrected chi connectivity index (χ3v) is 4.79. The lowest BCUT2D eigenvalue weighted by molar-refractivity contribution is 0.00578. The number of rotatable bonds is 2. The maximum atomic E-state index is 9.68. The minimum Gasteiger partial charge on any atom is -0.399 e. The normalized spacial score (nSPS) is 24.1. The molecule has 0 saturated carbocycles. The molecule has 3 nitrogen and oxygen atoms in total. The summed E-state index contributed by atoms with van der Waals surface area (Å²) in [7, 11) is -0.357. The van der Waals surface area contributed by atoms with Crippen LogP contribution >= 0.6 is 11.2 Å². The van der Waals surface area contributed by atoms with Crippen molar-refractivity contribution in [1.29, 1.82) is 0 Å². The van der Waals surface area contributed by atoms with E-state index >= 15 is 0 Å². The zero-order valence-electron chi connectivity index (χ0n) is 11.6. The van der Waals surface area contributed by atoms with Crippen LogP contribution in [0, 0.1) is 0 Å². The van der Waals surface area contributed by atoms with Crippen LogP contribution in [0.4, 0.5) is 0 Å². The summed E-state index contributed by atoms with van der Waals surface area (Å²) in [5, 5.41) is 0. The second-order valence-corrected chi connectivity index (χ2v) is 7.27. The van der Waals surface area contributed by atoms with E-state index in [-0.39, 0.29) is 18.3 Å². The first-order chi connectivity index (χ1) is 8.23. The number of hydrogen-bond donors (Lipinski definition) is 2. The van der Waals surface area contributed by atoms with E-state index in [0.29, 0.717) is 0 Å². The minimum atomic E-state index is -1.08. The highest BCUT2D eigenvalue weighted by molar-refractivity contribution is 8.11. The van der Waals surface area contributed by atoms with Crippen LogP contribution in [0.2, 0.25) is 0 Å². The molecule has 1 aliphatic heterocycles. The maximum Gasteiger partial charge on any atom is 0.494 e. The molecular weight excluding hydrogens is 247 g/mol. The standard InChI is InChI=1S/C13H21BO3S/c1-12(2)13(3,4)17-14(16-12)10-7-6-8-11(9-10)18(5)15/h6-9,15,18H,1-5H3. The topological polar surface area (TPSA) is 38.7 Å². The Hall–Kier alpha value is -0.485. The highest BCUT2D eigenvalue weighted by Gasteiger charge is 2.51. The predicted octanol–water partition coefficient (Wildman–Crippen LogP) is 2.45. The van der Waals surface area contributed by atoms with Gasteiger partial charge < -0.3 is 13.9 Å². The van der Waals surface area contributed by atoms with E-state index in [2.05, 4.69) is 0 Å². The molecule has 1 aliphatic rings. The van der Waals surface area contributed by atoms with Crippen molar-refractivity contribution in [3.63, 3.8) is 0 Å². The Balaban J connectivity index is 2.27. The van der Waals surface area contributed by atoms with Gasteiger partial charge in [0.2, 0.25) is 0 Å². The zero-order chi connectivity index (χ0) is 13.6. The van der Waals surface area contributed by atoms with Crippen LogP contribution < -0.4 is 5.46 Å². The quantitative estimate of drug-likeness (QED) is 0.639. The lowest BCUT2D eigenvalue weighted by Gasteiger charge is -2.32. The fourth-order valence-electron chi connectivity index (χ4n) is 1.85. The predicted molar refractivity (Wildman–Crippen MR) is 78.0 cm³/mol. The monoisotopic (exact) mass is 268 g/mol. The molecule has 0 aromatic heterocycles. The average molecular weight is 268 g/mol. The molecule has 1 aromatic carbocycles. The van der Waals surface area contributed by atoms with Crippen LogP contribution in [0.15, 0.2) is 29.2 Å². The second kappa shape index (κ2) is 4.56. The van der Waals surface area contributed by atoms with Crippen molar-refractivity contribution < 1.29 is 13.9 Å². The van der Waals surface area contributed by atoms with Gasteiger partial charge in [-0.2, -0.15) is 0 Å². The van der Waals surface area contributed by atoms with Gasteiger partial charge in [-0.1, -0.05) is 12.1 Å². The molecule has 100 valence electrons. The lowest BCUT2D eigenvalue weighted by Crippen LogP contribution is -2.41. The lowest BCUT2D eigenvalue weighted by atomic mass is 9.79. The number of hydrogen-bond acceptors (Lipinski definition) is 3. The summed E-state index contributed by atoms with van der Waals surface area (Å²) in [6.07, 6.45) is 1.82. The zero-order valence-corrected chi connectivity index (χ0v) is 12.5. The van der Waals surface area contributed by atoms with E-state index in [1.165, 1.54) is 0 Å². The van der Waals surface area contributed by atoms with Crippen molar-refractivity contribution in [3.8, 4) is 0 Å². The first-order valence-electron chi connectivity index (χ1n) is 6.11. The van der Waals surface area contributed by atoms with Crippen molar-refractivity contribution >= 4 is 23.8 Å². The molecule has 1 unspecified atom stereocenters. The molecule has 18 heavy (non-hydrogen) atoms. The van der Waals surface area contributed by atoms with Crippen LogP contribution in [0.25, 0.3) is 0 Å². The fourth-order valence-corrected chi connectivity index (χ4v) is 2.49. The number of benzene rings is 1. The van der Waals surface area contributed by atoms with Crippen LogP contribution in [0.5, 0.6) is 0 Å². The highest BCUT2D eigenvalue weighted by atomic mass is 32.2. The minimum absolute atomic E-state index is 0.330. The first-order valence-corrected chi connectivity index (χ1v) is 7.85. The highest BCUT2D eigenvalue weighted by Crippen LogP contribution is 2.36. The van der Waals surface area contributed by atoms with Gasteiger partial charge in [-0.05, 0) is 51.5 Å². The summed E-state index contributed by atoms with van der Waals surface area (Å²) >= 11 is -1.08.